The number of nitrogens with one attached hydrogen (secondary N) is 2. The summed E-state index contributed by atoms with van der Waals surface area (Å²) in [5.74, 6) is -0.164. The maximum atomic E-state index is 12.6. The maximum Gasteiger partial charge on any atom is 0.265 e. The van der Waals surface area contributed by atoms with Crippen molar-refractivity contribution in [1.82, 2.24) is 0 Å². The molecule has 0 spiro atoms. The minimum absolute atomic E-state index is 0.156. The Hall–Kier alpha value is -3.38. The molecule has 0 bridgehead atoms. The normalized spacial score (nSPS) is 10.4. The lowest BCUT2D eigenvalue weighted by atomic mass is 10.0. The molecule has 2 aromatic heterocycles. The molecule has 33 heavy (non-hydrogen) atoms. The Bertz CT molecular complexity index is 1320. The van der Waals surface area contributed by atoms with Crippen molar-refractivity contribution in [3.8, 4) is 17.2 Å². The first kappa shape index (κ1) is 22.8. The molecule has 4 rings (SSSR count). The maximum absolute atomic E-state index is 12.6. The zero-order valence-corrected chi connectivity index (χ0v) is 20.1. The Balaban J connectivity index is 1.38. The standard InChI is InChI=1S/C25H19N3O2S3/c1-16-7-9-17(10-8-16)21-14-33-25(20(21)13-26)28-23(29)15-32-19-5-2-4-18(12-19)27-24(30)22-6-3-11-31-22/h2-12,14H,15H2,1H3,(H,27,30)(H,28,29). The minimum atomic E-state index is -0.193. The van der Waals surface area contributed by atoms with Gasteiger partial charge in [0.2, 0.25) is 5.91 Å². The Morgan fingerprint density at radius 2 is 1.85 bits per heavy atom. The van der Waals surface area contributed by atoms with E-state index in [-0.39, 0.29) is 17.6 Å². The number of nitrogens with zero attached hydrogens (tertiary/aromatic N) is 1. The average molecular weight is 490 g/mol. The zero-order chi connectivity index (χ0) is 23.2. The summed E-state index contributed by atoms with van der Waals surface area (Å²) >= 11 is 4.09. The summed E-state index contributed by atoms with van der Waals surface area (Å²) < 4.78 is 0. The summed E-state index contributed by atoms with van der Waals surface area (Å²) in [7, 11) is 0. The highest BCUT2D eigenvalue weighted by Crippen LogP contribution is 2.35. The van der Waals surface area contributed by atoms with E-state index in [1.165, 1.54) is 34.4 Å². The smallest absolute Gasteiger partial charge is 0.265 e. The second kappa shape index (κ2) is 10.5. The van der Waals surface area contributed by atoms with Crippen LogP contribution in [0.15, 0.2) is 76.3 Å². The van der Waals surface area contributed by atoms with Gasteiger partial charge in [-0.2, -0.15) is 5.26 Å². The molecule has 4 aromatic rings. The van der Waals surface area contributed by atoms with Crippen LogP contribution in [0.3, 0.4) is 0 Å². The van der Waals surface area contributed by atoms with Crippen molar-refractivity contribution in [2.75, 3.05) is 16.4 Å². The molecule has 0 fully saturated rings. The molecule has 2 aromatic carbocycles. The van der Waals surface area contributed by atoms with Crippen LogP contribution in [0.2, 0.25) is 0 Å². The van der Waals surface area contributed by atoms with Gasteiger partial charge < -0.3 is 10.6 Å². The molecule has 0 unspecified atom stereocenters. The molecule has 164 valence electrons. The number of benzene rings is 2. The number of thioether (sulfide) groups is 1. The Morgan fingerprint density at radius 3 is 2.58 bits per heavy atom. The number of aryl methyl sites for hydroxylation is 1. The van der Waals surface area contributed by atoms with E-state index in [1.54, 1.807) is 6.07 Å². The highest BCUT2D eigenvalue weighted by atomic mass is 32.2. The van der Waals surface area contributed by atoms with E-state index in [0.717, 1.165) is 21.6 Å². The van der Waals surface area contributed by atoms with Gasteiger partial charge in [0.25, 0.3) is 5.91 Å². The van der Waals surface area contributed by atoms with E-state index in [1.807, 2.05) is 72.3 Å². The van der Waals surface area contributed by atoms with Gasteiger partial charge in [-0.15, -0.1) is 34.4 Å². The summed E-state index contributed by atoms with van der Waals surface area (Å²) in [5, 5.41) is 19.7. The number of carbonyl (C=O) groups is 2. The predicted molar refractivity (Wildman–Crippen MR) is 137 cm³/mol. The molecule has 2 N–H and O–H groups in total. The van der Waals surface area contributed by atoms with Gasteiger partial charge in [0.1, 0.15) is 11.1 Å². The summed E-state index contributed by atoms with van der Waals surface area (Å²) in [4.78, 5) is 26.3. The minimum Gasteiger partial charge on any atom is -0.321 e. The second-order valence-corrected chi connectivity index (χ2v) is 10.0. The number of thiophene rings is 2. The number of carbonyl (C=O) groups excluding carboxylic acids is 2. The number of amides is 2. The molecule has 0 saturated carbocycles. The highest BCUT2D eigenvalue weighted by molar-refractivity contribution is 8.00. The molecular weight excluding hydrogens is 470 g/mol. The summed E-state index contributed by atoms with van der Waals surface area (Å²) in [6.45, 7) is 2.01. The van der Waals surface area contributed by atoms with Crippen LogP contribution in [0.25, 0.3) is 11.1 Å². The molecule has 5 nitrogen and oxygen atoms in total. The van der Waals surface area contributed by atoms with Crippen LogP contribution in [0.5, 0.6) is 0 Å². The van der Waals surface area contributed by atoms with E-state index < -0.39 is 0 Å². The first-order valence-corrected chi connectivity index (χ1v) is 12.7. The summed E-state index contributed by atoms with van der Waals surface area (Å²) in [5.41, 5.74) is 4.06. The van der Waals surface area contributed by atoms with Crippen molar-refractivity contribution in [3.63, 3.8) is 0 Å². The van der Waals surface area contributed by atoms with E-state index in [4.69, 9.17) is 0 Å². The van der Waals surface area contributed by atoms with E-state index in [0.29, 0.717) is 21.1 Å². The fourth-order valence-corrected chi connectivity index (χ4v) is 5.39. The average Bonchev–Trinajstić information content (AvgIpc) is 3.49. The number of anilines is 2. The molecule has 0 aliphatic heterocycles. The molecule has 0 aliphatic rings. The molecule has 2 amide bonds. The quantitative estimate of drug-likeness (QED) is 0.285. The third kappa shape index (κ3) is 5.71. The van der Waals surface area contributed by atoms with E-state index >= 15 is 0 Å². The van der Waals surface area contributed by atoms with Gasteiger partial charge in [-0.3, -0.25) is 9.59 Å². The topological polar surface area (TPSA) is 82.0 Å². The second-order valence-electron chi connectivity index (χ2n) is 7.13. The van der Waals surface area contributed by atoms with Gasteiger partial charge >= 0.3 is 0 Å². The van der Waals surface area contributed by atoms with Gasteiger partial charge in [0.05, 0.1) is 16.2 Å². The number of nitriles is 1. The predicted octanol–water partition coefficient (Wildman–Crippen LogP) is 6.64. The molecule has 8 heteroatoms. The van der Waals surface area contributed by atoms with Crippen LogP contribution >= 0.6 is 34.4 Å². The third-order valence-electron chi connectivity index (χ3n) is 4.73. The van der Waals surface area contributed by atoms with E-state index in [9.17, 15) is 14.9 Å². The molecule has 0 saturated heterocycles. The summed E-state index contributed by atoms with van der Waals surface area (Å²) in [6, 6.07) is 21.2. The molecule has 0 atom stereocenters. The van der Waals surface area contributed by atoms with Crippen LogP contribution in [0.1, 0.15) is 20.8 Å². The first-order valence-electron chi connectivity index (χ1n) is 9.99. The zero-order valence-electron chi connectivity index (χ0n) is 17.6. The number of hydrogen-bond acceptors (Lipinski definition) is 6. The van der Waals surface area contributed by atoms with Crippen molar-refractivity contribution in [2.45, 2.75) is 11.8 Å². The van der Waals surface area contributed by atoms with Gasteiger partial charge in [0, 0.05) is 21.5 Å². The van der Waals surface area contributed by atoms with Crippen molar-refractivity contribution in [1.29, 1.82) is 5.26 Å². The molecule has 0 aliphatic carbocycles. The van der Waals surface area contributed by atoms with Crippen molar-refractivity contribution < 1.29 is 9.59 Å². The Kier molecular flexibility index (Phi) is 7.25. The lowest BCUT2D eigenvalue weighted by Gasteiger charge is -2.07. The van der Waals surface area contributed by atoms with Crippen molar-refractivity contribution in [3.05, 3.63) is 87.4 Å². The van der Waals surface area contributed by atoms with Crippen LogP contribution in [0.4, 0.5) is 10.7 Å². The van der Waals surface area contributed by atoms with Gasteiger partial charge in [-0.1, -0.05) is 42.0 Å². The fourth-order valence-electron chi connectivity index (χ4n) is 3.08. The number of rotatable bonds is 7. The SMILES string of the molecule is Cc1ccc(-c2csc(NC(=O)CSc3cccc(NC(=O)c4cccs4)c3)c2C#N)cc1. The Morgan fingerprint density at radius 1 is 1.03 bits per heavy atom. The molecule has 2 heterocycles. The fraction of sp³-hybridized carbons (Fsp3) is 0.0800. The van der Waals surface area contributed by atoms with Crippen molar-refractivity contribution >= 4 is 56.9 Å². The van der Waals surface area contributed by atoms with E-state index in [2.05, 4.69) is 16.7 Å². The summed E-state index contributed by atoms with van der Waals surface area (Å²) in [6.07, 6.45) is 0. The third-order valence-corrected chi connectivity index (χ3v) is 7.48. The van der Waals surface area contributed by atoms with Gasteiger partial charge in [-0.05, 0) is 42.1 Å². The van der Waals surface area contributed by atoms with Crippen molar-refractivity contribution in [2.24, 2.45) is 0 Å². The largest absolute Gasteiger partial charge is 0.321 e. The lowest BCUT2D eigenvalue weighted by Crippen LogP contribution is -2.14. The first-order chi connectivity index (χ1) is 16.0. The van der Waals surface area contributed by atoms with Gasteiger partial charge in [0.15, 0.2) is 0 Å². The highest BCUT2D eigenvalue weighted by Gasteiger charge is 2.16. The van der Waals surface area contributed by atoms with Crippen LogP contribution in [-0.4, -0.2) is 17.6 Å². The van der Waals surface area contributed by atoms with Crippen LogP contribution in [-0.2, 0) is 4.79 Å². The number of hydrogen-bond donors (Lipinski definition) is 2. The van der Waals surface area contributed by atoms with Gasteiger partial charge in [-0.25, -0.2) is 0 Å². The monoisotopic (exact) mass is 489 g/mol. The molecule has 0 radical (unpaired) electrons. The molecular formula is C25H19N3O2S3. The Labute approximate surface area is 204 Å². The van der Waals surface area contributed by atoms with Crippen LogP contribution in [0, 0.1) is 18.3 Å². The van der Waals surface area contributed by atoms with Crippen LogP contribution < -0.4 is 10.6 Å². The lowest BCUT2D eigenvalue weighted by molar-refractivity contribution is -0.113.